The van der Waals surface area contributed by atoms with Crippen LogP contribution in [0.1, 0.15) is 12.5 Å². The molecule has 0 bridgehead atoms. The van der Waals surface area contributed by atoms with Crippen LogP contribution in [0.25, 0.3) is 0 Å². The van der Waals surface area contributed by atoms with Gasteiger partial charge in [-0.15, -0.1) is 0 Å². The van der Waals surface area contributed by atoms with Crippen LogP contribution in [0.2, 0.25) is 0 Å². The minimum Gasteiger partial charge on any atom is -0.465 e. The summed E-state index contributed by atoms with van der Waals surface area (Å²) in [6.45, 7) is 2.02. The van der Waals surface area contributed by atoms with Crippen molar-refractivity contribution in [2.75, 3.05) is 13.7 Å². The molecule has 0 N–H and O–H groups in total. The average Bonchev–Trinajstić information content (AvgIpc) is 2.64. The van der Waals surface area contributed by atoms with Crippen molar-refractivity contribution in [2.24, 2.45) is 5.92 Å². The van der Waals surface area contributed by atoms with Crippen molar-refractivity contribution in [1.29, 1.82) is 0 Å². The van der Waals surface area contributed by atoms with Crippen molar-refractivity contribution in [1.82, 2.24) is 10.0 Å². The van der Waals surface area contributed by atoms with Gasteiger partial charge in [-0.3, -0.25) is 19.4 Å². The Morgan fingerprint density at radius 3 is 2.45 bits per heavy atom. The van der Waals surface area contributed by atoms with E-state index in [0.717, 1.165) is 5.56 Å². The summed E-state index contributed by atoms with van der Waals surface area (Å²) in [5.41, 5.74) is 0.880. The van der Waals surface area contributed by atoms with Crippen molar-refractivity contribution in [3.63, 3.8) is 0 Å². The van der Waals surface area contributed by atoms with Gasteiger partial charge in [-0.05, 0) is 12.5 Å². The first kappa shape index (κ1) is 14.0. The van der Waals surface area contributed by atoms with Gasteiger partial charge in [0.25, 0.3) is 11.8 Å². The highest BCUT2D eigenvalue weighted by Crippen LogP contribution is 2.22. The van der Waals surface area contributed by atoms with Crippen molar-refractivity contribution in [3.8, 4) is 0 Å². The van der Waals surface area contributed by atoms with Crippen LogP contribution in [-0.2, 0) is 25.7 Å². The topological polar surface area (TPSA) is 66.9 Å². The van der Waals surface area contributed by atoms with Crippen molar-refractivity contribution in [3.05, 3.63) is 35.9 Å². The fraction of sp³-hybridized carbons (Fsp3) is 0.357. The first-order chi connectivity index (χ1) is 9.56. The Balaban J connectivity index is 2.17. The Kier molecular flexibility index (Phi) is 4.02. The molecule has 106 valence electrons. The summed E-state index contributed by atoms with van der Waals surface area (Å²) >= 11 is 0. The summed E-state index contributed by atoms with van der Waals surface area (Å²) in [6, 6.07) is 9.26. The van der Waals surface area contributed by atoms with Crippen LogP contribution in [0, 0.1) is 5.92 Å². The highest BCUT2D eigenvalue weighted by molar-refractivity contribution is 6.19. The molecule has 6 nitrogen and oxygen atoms in total. The number of ether oxygens (including phenoxy) is 1. The summed E-state index contributed by atoms with van der Waals surface area (Å²) in [6.07, 6.45) is 0. The maximum Gasteiger partial charge on any atom is 0.328 e. The van der Waals surface area contributed by atoms with Crippen LogP contribution in [0.15, 0.2) is 30.3 Å². The predicted molar refractivity (Wildman–Crippen MR) is 69.9 cm³/mol. The van der Waals surface area contributed by atoms with Gasteiger partial charge >= 0.3 is 5.97 Å². The van der Waals surface area contributed by atoms with E-state index in [1.165, 1.54) is 17.1 Å². The zero-order chi connectivity index (χ0) is 14.7. The molecule has 0 spiro atoms. The zero-order valence-electron chi connectivity index (χ0n) is 11.4. The first-order valence-electron chi connectivity index (χ1n) is 6.35. The standard InChI is InChI=1S/C14H16N2O4/c1-3-20-14(19)11-12(17)15(2)16(13(11)18)9-10-7-5-4-6-8-10/h4-8,11H,3,9H2,1-2H3. The van der Waals surface area contributed by atoms with E-state index in [1.54, 1.807) is 6.92 Å². The van der Waals surface area contributed by atoms with Gasteiger partial charge in [-0.25, -0.2) is 5.01 Å². The second kappa shape index (κ2) is 5.73. The van der Waals surface area contributed by atoms with Gasteiger partial charge in [0.05, 0.1) is 13.2 Å². The molecule has 6 heteroatoms. The second-order valence-corrected chi connectivity index (χ2v) is 4.43. The molecule has 20 heavy (non-hydrogen) atoms. The zero-order valence-corrected chi connectivity index (χ0v) is 11.4. The maximum absolute atomic E-state index is 12.2. The van der Waals surface area contributed by atoms with Gasteiger partial charge in [-0.1, -0.05) is 30.3 Å². The minimum absolute atomic E-state index is 0.137. The van der Waals surface area contributed by atoms with Crippen molar-refractivity contribution >= 4 is 17.8 Å². The third-order valence-corrected chi connectivity index (χ3v) is 3.13. The Hall–Kier alpha value is -2.37. The van der Waals surface area contributed by atoms with Crippen LogP contribution in [0.3, 0.4) is 0 Å². The molecule has 2 rings (SSSR count). The Morgan fingerprint density at radius 2 is 1.85 bits per heavy atom. The van der Waals surface area contributed by atoms with Crippen LogP contribution in [0.5, 0.6) is 0 Å². The molecule has 0 saturated carbocycles. The van der Waals surface area contributed by atoms with Gasteiger partial charge in [0.2, 0.25) is 5.92 Å². The van der Waals surface area contributed by atoms with E-state index in [1.807, 2.05) is 30.3 Å². The van der Waals surface area contributed by atoms with Crippen LogP contribution < -0.4 is 0 Å². The van der Waals surface area contributed by atoms with Gasteiger partial charge in [0.15, 0.2) is 0 Å². The molecular weight excluding hydrogens is 260 g/mol. The lowest BCUT2D eigenvalue weighted by Gasteiger charge is -2.23. The van der Waals surface area contributed by atoms with Gasteiger partial charge in [0, 0.05) is 7.05 Å². The molecule has 1 aromatic rings. The lowest BCUT2D eigenvalue weighted by molar-refractivity contribution is -0.154. The quantitative estimate of drug-likeness (QED) is 0.596. The van der Waals surface area contributed by atoms with Crippen LogP contribution in [0.4, 0.5) is 0 Å². The normalized spacial score (nSPS) is 18.6. The molecule has 1 saturated heterocycles. The van der Waals surface area contributed by atoms with Crippen LogP contribution >= 0.6 is 0 Å². The molecule has 1 atom stereocenters. The fourth-order valence-corrected chi connectivity index (χ4v) is 2.08. The third-order valence-electron chi connectivity index (χ3n) is 3.13. The number of hydrogen-bond donors (Lipinski definition) is 0. The summed E-state index contributed by atoms with van der Waals surface area (Å²) in [4.78, 5) is 35.9. The first-order valence-corrected chi connectivity index (χ1v) is 6.35. The lowest BCUT2D eigenvalue weighted by Crippen LogP contribution is -2.37. The summed E-state index contributed by atoms with van der Waals surface area (Å²) < 4.78 is 4.78. The van der Waals surface area contributed by atoms with Gasteiger partial charge in [0.1, 0.15) is 0 Å². The smallest absolute Gasteiger partial charge is 0.328 e. The van der Waals surface area contributed by atoms with E-state index in [2.05, 4.69) is 0 Å². The highest BCUT2D eigenvalue weighted by atomic mass is 16.5. The molecule has 2 amide bonds. The molecule has 1 fully saturated rings. The Bertz CT molecular complexity index is 529. The number of hydrazine groups is 1. The van der Waals surface area contributed by atoms with Crippen molar-refractivity contribution < 1.29 is 19.1 Å². The number of rotatable bonds is 4. The highest BCUT2D eigenvalue weighted by Gasteiger charge is 2.49. The minimum atomic E-state index is -1.37. The molecule has 1 heterocycles. The largest absolute Gasteiger partial charge is 0.465 e. The van der Waals surface area contributed by atoms with E-state index in [9.17, 15) is 14.4 Å². The molecule has 0 aliphatic carbocycles. The number of benzene rings is 1. The number of carbonyl (C=O) groups excluding carboxylic acids is 3. The second-order valence-electron chi connectivity index (χ2n) is 4.43. The summed E-state index contributed by atoms with van der Waals surface area (Å²) in [5.74, 6) is -3.25. The third kappa shape index (κ3) is 2.49. The number of esters is 1. The lowest BCUT2D eigenvalue weighted by atomic mass is 10.1. The molecule has 1 unspecified atom stereocenters. The number of amides is 2. The van der Waals surface area contributed by atoms with E-state index in [0.29, 0.717) is 0 Å². The maximum atomic E-state index is 12.2. The summed E-state index contributed by atoms with van der Waals surface area (Å²) in [7, 11) is 1.47. The molecular formula is C14H16N2O4. The van der Waals surface area contributed by atoms with Gasteiger partial charge < -0.3 is 4.74 Å². The molecule has 1 aliphatic heterocycles. The van der Waals surface area contributed by atoms with Gasteiger partial charge in [-0.2, -0.15) is 0 Å². The SMILES string of the molecule is CCOC(=O)C1C(=O)N(C)N(Cc2ccccc2)C1=O. The van der Waals surface area contributed by atoms with Crippen molar-refractivity contribution in [2.45, 2.75) is 13.5 Å². The Labute approximate surface area is 116 Å². The van der Waals surface area contributed by atoms with E-state index in [4.69, 9.17) is 4.74 Å². The Morgan fingerprint density at radius 1 is 1.20 bits per heavy atom. The number of nitrogens with zero attached hydrogens (tertiary/aromatic N) is 2. The molecule has 0 aromatic heterocycles. The summed E-state index contributed by atoms with van der Waals surface area (Å²) in [5, 5.41) is 2.44. The number of carbonyl (C=O) groups is 3. The molecule has 1 aliphatic rings. The van der Waals surface area contributed by atoms with E-state index >= 15 is 0 Å². The monoisotopic (exact) mass is 276 g/mol. The predicted octanol–water partition coefficient (Wildman–Crippen LogP) is 0.581. The molecule has 0 radical (unpaired) electrons. The van der Waals surface area contributed by atoms with Crippen LogP contribution in [-0.4, -0.2) is 41.5 Å². The number of hydrogen-bond acceptors (Lipinski definition) is 4. The van der Waals surface area contributed by atoms with E-state index < -0.39 is 23.7 Å². The average molecular weight is 276 g/mol. The fourth-order valence-electron chi connectivity index (χ4n) is 2.08. The van der Waals surface area contributed by atoms with E-state index in [-0.39, 0.29) is 13.2 Å². The molecule has 1 aromatic carbocycles.